The molecule has 0 saturated carbocycles. The summed E-state index contributed by atoms with van der Waals surface area (Å²) in [6, 6.07) is 3.85. The molecule has 0 aliphatic carbocycles. The van der Waals surface area contributed by atoms with Gasteiger partial charge in [0.25, 0.3) is 0 Å². The van der Waals surface area contributed by atoms with Crippen LogP contribution in [0.1, 0.15) is 11.4 Å². The van der Waals surface area contributed by atoms with Crippen molar-refractivity contribution in [2.45, 2.75) is 13.8 Å². The molecule has 1 heterocycles. The number of aryl methyl sites for hydroxylation is 2. The Morgan fingerprint density at radius 1 is 1.42 bits per heavy atom. The molecule has 1 rings (SSSR count). The molecule has 0 aromatic carbocycles. The molecule has 12 heavy (non-hydrogen) atoms. The van der Waals surface area contributed by atoms with E-state index in [2.05, 4.69) is 15.3 Å². The van der Waals surface area contributed by atoms with E-state index in [1.807, 2.05) is 26.0 Å². The summed E-state index contributed by atoms with van der Waals surface area (Å²) >= 11 is 0. The second-order valence-electron chi connectivity index (χ2n) is 2.49. The Kier molecular flexibility index (Phi) is 2.59. The van der Waals surface area contributed by atoms with Crippen molar-refractivity contribution in [3.8, 4) is 6.07 Å². The Balaban J connectivity index is 2.80. The maximum Gasteiger partial charge on any atom is 0.223 e. The highest BCUT2D eigenvalue weighted by atomic mass is 15.1. The summed E-state index contributed by atoms with van der Waals surface area (Å²) in [4.78, 5) is 8.20. The summed E-state index contributed by atoms with van der Waals surface area (Å²) in [7, 11) is 0. The van der Waals surface area contributed by atoms with Crippen LogP contribution in [0.4, 0.5) is 5.95 Å². The molecule has 0 unspecified atom stereocenters. The largest absolute Gasteiger partial charge is 0.341 e. The van der Waals surface area contributed by atoms with Gasteiger partial charge >= 0.3 is 0 Å². The van der Waals surface area contributed by atoms with Gasteiger partial charge in [0, 0.05) is 11.4 Å². The summed E-state index contributed by atoms with van der Waals surface area (Å²) in [5.41, 5.74) is 1.81. The van der Waals surface area contributed by atoms with Crippen LogP contribution < -0.4 is 5.32 Å². The summed E-state index contributed by atoms with van der Waals surface area (Å²) in [6.45, 7) is 4.03. The lowest BCUT2D eigenvalue weighted by Gasteiger charge is -2.01. The molecule has 0 fully saturated rings. The second-order valence-corrected chi connectivity index (χ2v) is 2.49. The number of nitrogens with zero attached hydrogens (tertiary/aromatic N) is 3. The van der Waals surface area contributed by atoms with Crippen LogP contribution in [0.15, 0.2) is 6.07 Å². The molecule has 0 atom stereocenters. The summed E-state index contributed by atoms with van der Waals surface area (Å²) < 4.78 is 0. The molecule has 1 aromatic heterocycles. The van der Waals surface area contributed by atoms with Crippen molar-refractivity contribution in [3.63, 3.8) is 0 Å². The minimum absolute atomic E-state index is 0.239. The minimum Gasteiger partial charge on any atom is -0.341 e. The number of rotatable bonds is 2. The van der Waals surface area contributed by atoms with Crippen LogP contribution in [0.5, 0.6) is 0 Å². The predicted molar refractivity (Wildman–Crippen MR) is 45.6 cm³/mol. The molecule has 0 aliphatic heterocycles. The van der Waals surface area contributed by atoms with E-state index in [1.54, 1.807) is 0 Å². The van der Waals surface area contributed by atoms with Gasteiger partial charge in [0.05, 0.1) is 6.07 Å². The molecule has 0 amide bonds. The van der Waals surface area contributed by atoms with Crippen LogP contribution >= 0.6 is 0 Å². The third-order valence-corrected chi connectivity index (χ3v) is 1.31. The zero-order valence-electron chi connectivity index (χ0n) is 7.13. The van der Waals surface area contributed by atoms with Crippen LogP contribution in [0.2, 0.25) is 0 Å². The molecule has 0 spiro atoms. The quantitative estimate of drug-likeness (QED) is 0.660. The SMILES string of the molecule is Cc1cc(C)nc(NCC#N)n1. The van der Waals surface area contributed by atoms with Gasteiger partial charge in [-0.25, -0.2) is 9.97 Å². The molecule has 0 saturated heterocycles. The van der Waals surface area contributed by atoms with Gasteiger partial charge in [-0.15, -0.1) is 0 Å². The molecule has 0 bridgehead atoms. The van der Waals surface area contributed by atoms with E-state index >= 15 is 0 Å². The standard InChI is InChI=1S/C8H10N4/c1-6-5-7(2)12-8(11-6)10-4-3-9/h5H,4H2,1-2H3,(H,10,11,12). The van der Waals surface area contributed by atoms with E-state index in [-0.39, 0.29) is 6.54 Å². The average Bonchev–Trinajstić information content (AvgIpc) is 1.99. The fraction of sp³-hybridized carbons (Fsp3) is 0.375. The van der Waals surface area contributed by atoms with E-state index in [0.717, 1.165) is 11.4 Å². The molecule has 0 aliphatic rings. The van der Waals surface area contributed by atoms with E-state index in [1.165, 1.54) is 0 Å². The highest BCUT2D eigenvalue weighted by molar-refractivity contribution is 5.28. The highest BCUT2D eigenvalue weighted by Gasteiger charge is 1.96. The van der Waals surface area contributed by atoms with Crippen molar-refractivity contribution in [2.24, 2.45) is 0 Å². The minimum atomic E-state index is 0.239. The average molecular weight is 162 g/mol. The smallest absolute Gasteiger partial charge is 0.223 e. The van der Waals surface area contributed by atoms with Gasteiger partial charge in [0.1, 0.15) is 6.54 Å². The molecule has 62 valence electrons. The fourth-order valence-corrected chi connectivity index (χ4v) is 0.924. The predicted octanol–water partition coefficient (Wildman–Crippen LogP) is 1.03. The first-order chi connectivity index (χ1) is 5.72. The third-order valence-electron chi connectivity index (χ3n) is 1.31. The van der Waals surface area contributed by atoms with Crippen molar-refractivity contribution < 1.29 is 0 Å². The van der Waals surface area contributed by atoms with Gasteiger partial charge in [-0.1, -0.05) is 0 Å². The topological polar surface area (TPSA) is 61.6 Å². The van der Waals surface area contributed by atoms with Crippen LogP contribution in [0.25, 0.3) is 0 Å². The molecule has 1 N–H and O–H groups in total. The number of hydrogen-bond donors (Lipinski definition) is 1. The van der Waals surface area contributed by atoms with Crippen LogP contribution in [-0.2, 0) is 0 Å². The van der Waals surface area contributed by atoms with Gasteiger partial charge < -0.3 is 5.32 Å². The van der Waals surface area contributed by atoms with E-state index in [4.69, 9.17) is 5.26 Å². The first-order valence-corrected chi connectivity index (χ1v) is 3.65. The molecule has 4 nitrogen and oxygen atoms in total. The lowest BCUT2D eigenvalue weighted by Crippen LogP contribution is -2.04. The molecular formula is C8H10N4. The number of anilines is 1. The molecule has 0 radical (unpaired) electrons. The summed E-state index contributed by atoms with van der Waals surface area (Å²) in [5.74, 6) is 0.522. The van der Waals surface area contributed by atoms with Crippen molar-refractivity contribution in [3.05, 3.63) is 17.5 Å². The Bertz CT molecular complexity index is 293. The van der Waals surface area contributed by atoms with E-state index in [9.17, 15) is 0 Å². The van der Waals surface area contributed by atoms with Gasteiger partial charge in [-0.05, 0) is 19.9 Å². The Labute approximate surface area is 71.3 Å². The maximum absolute atomic E-state index is 8.30. The Morgan fingerprint density at radius 2 is 2.00 bits per heavy atom. The second kappa shape index (κ2) is 3.67. The van der Waals surface area contributed by atoms with Gasteiger partial charge in [0.15, 0.2) is 0 Å². The van der Waals surface area contributed by atoms with E-state index in [0.29, 0.717) is 5.95 Å². The molecular weight excluding hydrogens is 152 g/mol. The van der Waals surface area contributed by atoms with Crippen molar-refractivity contribution in [2.75, 3.05) is 11.9 Å². The van der Waals surface area contributed by atoms with E-state index < -0.39 is 0 Å². The van der Waals surface area contributed by atoms with Crippen molar-refractivity contribution >= 4 is 5.95 Å². The number of hydrogen-bond acceptors (Lipinski definition) is 4. The number of aromatic nitrogens is 2. The molecule has 4 heteroatoms. The monoisotopic (exact) mass is 162 g/mol. The summed E-state index contributed by atoms with van der Waals surface area (Å²) in [5, 5.41) is 11.1. The first kappa shape index (κ1) is 8.47. The van der Waals surface area contributed by atoms with Crippen molar-refractivity contribution in [1.82, 2.24) is 9.97 Å². The summed E-state index contributed by atoms with van der Waals surface area (Å²) in [6.07, 6.45) is 0. The van der Waals surface area contributed by atoms with Crippen LogP contribution in [0.3, 0.4) is 0 Å². The fourth-order valence-electron chi connectivity index (χ4n) is 0.924. The lowest BCUT2D eigenvalue weighted by molar-refractivity contribution is 1.04. The van der Waals surface area contributed by atoms with Crippen LogP contribution in [0, 0.1) is 25.2 Å². The van der Waals surface area contributed by atoms with Gasteiger partial charge in [-0.2, -0.15) is 5.26 Å². The highest BCUT2D eigenvalue weighted by Crippen LogP contribution is 2.02. The Hall–Kier alpha value is -1.63. The van der Waals surface area contributed by atoms with Gasteiger partial charge in [0.2, 0.25) is 5.95 Å². The first-order valence-electron chi connectivity index (χ1n) is 3.65. The van der Waals surface area contributed by atoms with Crippen molar-refractivity contribution in [1.29, 1.82) is 5.26 Å². The number of nitrogens with one attached hydrogen (secondary N) is 1. The normalized spacial score (nSPS) is 9.08. The zero-order valence-corrected chi connectivity index (χ0v) is 7.13. The lowest BCUT2D eigenvalue weighted by atomic mass is 10.4. The number of nitriles is 1. The Morgan fingerprint density at radius 3 is 2.50 bits per heavy atom. The third kappa shape index (κ3) is 2.20. The maximum atomic E-state index is 8.30. The van der Waals surface area contributed by atoms with Crippen LogP contribution in [-0.4, -0.2) is 16.5 Å². The zero-order chi connectivity index (χ0) is 8.97. The molecule has 1 aromatic rings. The van der Waals surface area contributed by atoms with Gasteiger partial charge in [-0.3, -0.25) is 0 Å².